The lowest BCUT2D eigenvalue weighted by Crippen LogP contribution is -2.40. The molecule has 0 amide bonds. The minimum Gasteiger partial charge on any atom is -0.215 e. The molecule has 1 saturated heterocycles. The highest BCUT2D eigenvalue weighted by molar-refractivity contribution is 7.69. The van der Waals surface area contributed by atoms with E-state index in [9.17, 15) is 8.42 Å². The van der Waals surface area contributed by atoms with Crippen LogP contribution in [0.5, 0.6) is 0 Å². The minimum atomic E-state index is -2.42. The second kappa shape index (κ2) is 5.50. The van der Waals surface area contributed by atoms with Crippen molar-refractivity contribution in [2.75, 3.05) is 6.54 Å². The maximum atomic E-state index is 11.3. The van der Waals surface area contributed by atoms with Crippen molar-refractivity contribution < 1.29 is 8.42 Å². The lowest BCUT2D eigenvalue weighted by Gasteiger charge is -2.33. The van der Waals surface area contributed by atoms with Crippen LogP contribution in [0.3, 0.4) is 0 Å². The number of nitrogens with zero attached hydrogens (tertiary/aromatic N) is 1. The molecule has 0 N–H and O–H groups in total. The highest BCUT2D eigenvalue weighted by atomic mass is 32.2. The summed E-state index contributed by atoms with van der Waals surface area (Å²) in [5, 5.41) is 0. The summed E-state index contributed by atoms with van der Waals surface area (Å²) in [6.07, 6.45) is 1.02. The monoisotopic (exact) mass is 247 g/mol. The van der Waals surface area contributed by atoms with Crippen LogP contribution in [0, 0.1) is 23.7 Å². The van der Waals surface area contributed by atoms with E-state index in [1.807, 2.05) is 0 Å². The molecule has 0 saturated carbocycles. The van der Waals surface area contributed by atoms with Crippen LogP contribution in [0.1, 0.15) is 41.0 Å². The summed E-state index contributed by atoms with van der Waals surface area (Å²) in [4.78, 5) is 0. The molecule has 1 rings (SSSR count). The number of thiol groups is 1. The zero-order valence-corrected chi connectivity index (χ0v) is 11.9. The van der Waals surface area contributed by atoms with E-state index in [4.69, 9.17) is 0 Å². The summed E-state index contributed by atoms with van der Waals surface area (Å²) < 4.78 is 24.2. The molecule has 0 aromatic rings. The van der Waals surface area contributed by atoms with Crippen LogP contribution in [0.15, 0.2) is 0 Å². The van der Waals surface area contributed by atoms with E-state index in [1.165, 1.54) is 0 Å². The minimum absolute atomic E-state index is 0.209. The number of rotatable bonds is 4. The van der Waals surface area contributed by atoms with E-state index < -0.39 is 10.9 Å². The van der Waals surface area contributed by atoms with E-state index in [2.05, 4.69) is 34.6 Å². The zero-order valence-electron chi connectivity index (χ0n) is 11.0. The van der Waals surface area contributed by atoms with Gasteiger partial charge in [0.2, 0.25) is 10.9 Å². The first kappa shape index (κ1) is 14.0. The van der Waals surface area contributed by atoms with Crippen molar-refractivity contribution in [1.82, 2.24) is 4.31 Å². The Morgan fingerprint density at radius 1 is 1.12 bits per heavy atom. The number of hydrogen-bond donors (Lipinski definition) is 1. The average Bonchev–Trinajstić information content (AvgIpc) is 2.59. The predicted molar refractivity (Wildman–Crippen MR) is 67.8 cm³/mol. The van der Waals surface area contributed by atoms with Gasteiger partial charge in [-0.25, -0.2) is 12.7 Å². The van der Waals surface area contributed by atoms with Crippen LogP contribution in [0.25, 0.3) is 0 Å². The topological polar surface area (TPSA) is 37.4 Å². The van der Waals surface area contributed by atoms with Gasteiger partial charge in [0.15, 0.2) is 0 Å². The summed E-state index contributed by atoms with van der Waals surface area (Å²) in [7, 11) is -2.42. The molecule has 0 bridgehead atoms. The van der Waals surface area contributed by atoms with Gasteiger partial charge in [-0.15, -0.1) is 0 Å². The molecule has 1 fully saturated rings. The maximum absolute atomic E-state index is 11.3. The van der Waals surface area contributed by atoms with E-state index in [0.717, 1.165) is 6.42 Å². The molecule has 0 aromatic heterocycles. The highest BCUT2D eigenvalue weighted by Crippen LogP contribution is 2.37. The second-order valence-electron chi connectivity index (χ2n) is 5.69. The fourth-order valence-electron chi connectivity index (χ4n) is 2.80. The Kier molecular flexibility index (Phi) is 4.80. The Hall–Kier alpha value is -0.0900. The largest absolute Gasteiger partial charge is 0.215 e. The molecule has 16 heavy (non-hydrogen) atoms. The fourth-order valence-corrected chi connectivity index (χ4v) is 3.67. The highest BCUT2D eigenvalue weighted by Gasteiger charge is 2.41. The first-order valence-electron chi connectivity index (χ1n) is 6.27. The third-order valence-corrected chi connectivity index (χ3v) is 5.02. The summed E-state index contributed by atoms with van der Waals surface area (Å²) in [5.74, 6) is 2.04. The van der Waals surface area contributed by atoms with E-state index in [0.29, 0.717) is 30.2 Å². The van der Waals surface area contributed by atoms with Crippen LogP contribution < -0.4 is 0 Å². The molecule has 1 aliphatic heterocycles. The van der Waals surface area contributed by atoms with Crippen molar-refractivity contribution in [3.63, 3.8) is 0 Å². The van der Waals surface area contributed by atoms with Gasteiger partial charge in [0.25, 0.3) is 0 Å². The van der Waals surface area contributed by atoms with Gasteiger partial charge in [-0.2, -0.15) is 0 Å². The van der Waals surface area contributed by atoms with Crippen LogP contribution >= 0.6 is 0 Å². The molecule has 0 radical (unpaired) electrons. The van der Waals surface area contributed by atoms with Crippen molar-refractivity contribution in [3.05, 3.63) is 0 Å². The van der Waals surface area contributed by atoms with E-state index in [1.54, 1.807) is 4.31 Å². The van der Waals surface area contributed by atoms with Gasteiger partial charge in [-0.3, -0.25) is 0 Å². The van der Waals surface area contributed by atoms with Gasteiger partial charge in [0.05, 0.1) is 0 Å². The summed E-state index contributed by atoms with van der Waals surface area (Å²) >= 11 is 0. The Labute approximate surface area is 101 Å². The quantitative estimate of drug-likeness (QED) is 0.773. The van der Waals surface area contributed by atoms with Gasteiger partial charge < -0.3 is 0 Å². The summed E-state index contributed by atoms with van der Waals surface area (Å²) in [5.41, 5.74) is 0. The zero-order chi connectivity index (χ0) is 12.5. The van der Waals surface area contributed by atoms with Crippen molar-refractivity contribution in [1.29, 1.82) is 0 Å². The van der Waals surface area contributed by atoms with Crippen molar-refractivity contribution >= 4 is 10.9 Å². The Bertz CT molecular complexity index is 291. The van der Waals surface area contributed by atoms with Crippen LogP contribution in [-0.2, 0) is 10.9 Å². The molecule has 1 heterocycles. The van der Waals surface area contributed by atoms with Crippen molar-refractivity contribution in [2.24, 2.45) is 23.7 Å². The summed E-state index contributed by atoms with van der Waals surface area (Å²) in [6.45, 7) is 11.6. The van der Waals surface area contributed by atoms with Gasteiger partial charge in [0, 0.05) is 12.6 Å². The van der Waals surface area contributed by atoms with Crippen LogP contribution in [0.2, 0.25) is 0 Å². The van der Waals surface area contributed by atoms with E-state index in [-0.39, 0.29) is 6.04 Å². The van der Waals surface area contributed by atoms with Gasteiger partial charge in [-0.05, 0) is 30.1 Å². The lowest BCUT2D eigenvalue weighted by atomic mass is 9.79. The molecule has 0 aromatic carbocycles. The molecular formula is C12H25NO2S. The Morgan fingerprint density at radius 2 is 1.69 bits per heavy atom. The molecule has 1 aliphatic rings. The first-order valence-corrected chi connectivity index (χ1v) is 7.40. The predicted octanol–water partition coefficient (Wildman–Crippen LogP) is 2.15. The van der Waals surface area contributed by atoms with E-state index >= 15 is 0 Å². The molecule has 3 nitrogen and oxygen atoms in total. The van der Waals surface area contributed by atoms with Gasteiger partial charge in [0.1, 0.15) is 0 Å². The molecule has 3 atom stereocenters. The fraction of sp³-hybridized carbons (Fsp3) is 1.00. The van der Waals surface area contributed by atoms with Crippen molar-refractivity contribution in [3.8, 4) is 0 Å². The molecule has 96 valence electrons. The second-order valence-corrected chi connectivity index (χ2v) is 6.68. The van der Waals surface area contributed by atoms with Gasteiger partial charge in [-0.1, -0.05) is 34.6 Å². The third kappa shape index (κ3) is 2.77. The first-order chi connectivity index (χ1) is 7.36. The lowest BCUT2D eigenvalue weighted by molar-refractivity contribution is 0.181. The smallest absolute Gasteiger partial charge is 0.204 e. The van der Waals surface area contributed by atoms with Crippen molar-refractivity contribution in [2.45, 2.75) is 47.1 Å². The van der Waals surface area contributed by atoms with Gasteiger partial charge >= 0.3 is 0 Å². The van der Waals surface area contributed by atoms with Crippen LogP contribution in [0.4, 0.5) is 0 Å². The average molecular weight is 247 g/mol. The standard InChI is InChI=1S/C12H25NO2S/c1-8(2)10(5)12-11(9(3)4)6-7-13(12)16(14)15/h8-12,16H,6-7H2,1-5H3. The summed E-state index contributed by atoms with van der Waals surface area (Å²) in [6, 6.07) is 0.209. The van der Waals surface area contributed by atoms with Crippen LogP contribution in [-0.4, -0.2) is 25.3 Å². The normalized spacial score (nSPS) is 29.5. The Balaban J connectivity index is 2.92. The molecule has 3 unspecified atom stereocenters. The third-order valence-electron chi connectivity index (χ3n) is 4.13. The number of hydrogen-bond acceptors (Lipinski definition) is 2. The molecule has 4 heteroatoms. The SMILES string of the molecule is CC(C)C(C)C1C(C(C)C)CCN1[SH](=O)=O. The molecular weight excluding hydrogens is 222 g/mol. The molecule has 0 aliphatic carbocycles. The maximum Gasteiger partial charge on any atom is 0.204 e. The molecule has 0 spiro atoms. The Morgan fingerprint density at radius 3 is 2.06 bits per heavy atom.